The summed E-state index contributed by atoms with van der Waals surface area (Å²) in [5.74, 6) is -0.925. The maximum absolute atomic E-state index is 12.0. The van der Waals surface area contributed by atoms with Crippen LogP contribution in [0.4, 0.5) is 10.5 Å². The Bertz CT molecular complexity index is 746. The first-order chi connectivity index (χ1) is 12.7. The molecule has 0 aromatic heterocycles. The van der Waals surface area contributed by atoms with Gasteiger partial charge in [0.2, 0.25) is 0 Å². The maximum atomic E-state index is 12.0. The molecular weight excluding hydrogens is 354 g/mol. The normalized spacial score (nSPS) is 15.3. The number of carbonyl (C=O) groups is 4. The van der Waals surface area contributed by atoms with Crippen LogP contribution in [0.15, 0.2) is 24.3 Å². The Morgan fingerprint density at radius 2 is 1.93 bits per heavy atom. The molecule has 0 radical (unpaired) electrons. The van der Waals surface area contributed by atoms with Gasteiger partial charge in [-0.15, -0.1) is 0 Å². The third kappa shape index (κ3) is 5.19. The Morgan fingerprint density at radius 3 is 2.56 bits per heavy atom. The maximum Gasteiger partial charge on any atom is 0.325 e. The summed E-state index contributed by atoms with van der Waals surface area (Å²) in [5, 5.41) is 5.15. The number of esters is 1. The molecule has 1 aromatic carbocycles. The van der Waals surface area contributed by atoms with Gasteiger partial charge in [-0.3, -0.25) is 19.3 Å². The van der Waals surface area contributed by atoms with Gasteiger partial charge in [-0.25, -0.2) is 4.79 Å². The molecule has 0 atom stereocenters. The average Bonchev–Trinajstić information content (AvgIpc) is 2.82. The largest absolute Gasteiger partial charge is 0.495 e. The third-order valence-electron chi connectivity index (χ3n) is 3.95. The van der Waals surface area contributed by atoms with E-state index in [1.54, 1.807) is 38.1 Å². The number of imide groups is 1. The van der Waals surface area contributed by atoms with Gasteiger partial charge in [0.1, 0.15) is 11.3 Å². The molecule has 1 fully saturated rings. The van der Waals surface area contributed by atoms with Gasteiger partial charge in [0.05, 0.1) is 12.8 Å². The number of carbonyl (C=O) groups excluding carboxylic acids is 4. The molecule has 0 aliphatic carbocycles. The van der Waals surface area contributed by atoms with Crippen molar-refractivity contribution in [2.45, 2.75) is 32.2 Å². The van der Waals surface area contributed by atoms with E-state index in [9.17, 15) is 19.2 Å². The monoisotopic (exact) mass is 377 g/mol. The summed E-state index contributed by atoms with van der Waals surface area (Å²) in [6.07, 6.45) is 0.238. The van der Waals surface area contributed by atoms with Gasteiger partial charge in [-0.1, -0.05) is 12.1 Å². The number of nitrogens with zero attached hydrogens (tertiary/aromatic N) is 1. The molecule has 0 bridgehead atoms. The number of hydrogen-bond acceptors (Lipinski definition) is 6. The highest BCUT2D eigenvalue weighted by molar-refractivity contribution is 6.06. The lowest BCUT2D eigenvalue weighted by molar-refractivity contribution is -0.147. The Balaban J connectivity index is 1.71. The van der Waals surface area contributed by atoms with Crippen molar-refractivity contribution in [2.24, 2.45) is 0 Å². The zero-order valence-corrected chi connectivity index (χ0v) is 15.5. The predicted molar refractivity (Wildman–Crippen MR) is 96.1 cm³/mol. The lowest BCUT2D eigenvalue weighted by Crippen LogP contribution is -2.40. The predicted octanol–water partition coefficient (Wildman–Crippen LogP) is 1.29. The number of rotatable bonds is 8. The van der Waals surface area contributed by atoms with Crippen LogP contribution in [0.2, 0.25) is 0 Å². The van der Waals surface area contributed by atoms with Gasteiger partial charge in [0, 0.05) is 13.0 Å². The van der Waals surface area contributed by atoms with E-state index in [0.29, 0.717) is 11.4 Å². The highest BCUT2D eigenvalue weighted by Crippen LogP contribution is 2.22. The summed E-state index contributed by atoms with van der Waals surface area (Å²) in [4.78, 5) is 48.5. The van der Waals surface area contributed by atoms with Crippen LogP contribution < -0.4 is 15.4 Å². The number of anilines is 1. The van der Waals surface area contributed by atoms with E-state index in [2.05, 4.69) is 10.6 Å². The van der Waals surface area contributed by atoms with Gasteiger partial charge in [0.15, 0.2) is 6.61 Å². The van der Waals surface area contributed by atoms with E-state index in [-0.39, 0.29) is 25.3 Å². The summed E-state index contributed by atoms with van der Waals surface area (Å²) in [6.45, 7) is 2.90. The highest BCUT2D eigenvalue weighted by Gasteiger charge is 2.43. The minimum absolute atomic E-state index is 0.0145. The van der Waals surface area contributed by atoms with Crippen LogP contribution in [0.1, 0.15) is 26.7 Å². The fourth-order valence-corrected chi connectivity index (χ4v) is 2.55. The first-order valence-electron chi connectivity index (χ1n) is 8.47. The molecule has 27 heavy (non-hydrogen) atoms. The molecule has 1 aliphatic rings. The van der Waals surface area contributed by atoms with Crippen LogP contribution in [0.5, 0.6) is 5.75 Å². The number of ether oxygens (including phenoxy) is 2. The molecule has 0 unspecified atom stereocenters. The molecule has 1 saturated heterocycles. The second kappa shape index (κ2) is 8.52. The summed E-state index contributed by atoms with van der Waals surface area (Å²) < 4.78 is 10.0. The lowest BCUT2D eigenvalue weighted by Gasteiger charge is -2.15. The summed E-state index contributed by atoms with van der Waals surface area (Å²) >= 11 is 0. The van der Waals surface area contributed by atoms with E-state index in [4.69, 9.17) is 9.47 Å². The van der Waals surface area contributed by atoms with E-state index in [1.807, 2.05) is 0 Å². The number of methoxy groups -OCH3 is 1. The zero-order valence-electron chi connectivity index (χ0n) is 15.5. The van der Waals surface area contributed by atoms with Crippen molar-refractivity contribution in [3.8, 4) is 5.75 Å². The Labute approximate surface area is 157 Å². The molecule has 2 rings (SSSR count). The smallest absolute Gasteiger partial charge is 0.325 e. The van der Waals surface area contributed by atoms with Crippen LogP contribution in [0.3, 0.4) is 0 Å². The van der Waals surface area contributed by atoms with Gasteiger partial charge in [-0.05, 0) is 32.4 Å². The highest BCUT2D eigenvalue weighted by atomic mass is 16.5. The summed E-state index contributed by atoms with van der Waals surface area (Å²) in [7, 11) is 1.48. The molecule has 0 saturated carbocycles. The van der Waals surface area contributed by atoms with Crippen LogP contribution in [-0.4, -0.2) is 54.5 Å². The summed E-state index contributed by atoms with van der Waals surface area (Å²) in [5.41, 5.74) is -0.462. The molecule has 1 aromatic rings. The van der Waals surface area contributed by atoms with Gasteiger partial charge < -0.3 is 20.1 Å². The molecule has 0 spiro atoms. The van der Waals surface area contributed by atoms with Crippen LogP contribution in [0, 0.1) is 0 Å². The van der Waals surface area contributed by atoms with Gasteiger partial charge in [0.25, 0.3) is 11.8 Å². The van der Waals surface area contributed by atoms with Crippen molar-refractivity contribution in [1.29, 1.82) is 0 Å². The fraction of sp³-hybridized carbons (Fsp3) is 0.444. The van der Waals surface area contributed by atoms with Crippen LogP contribution >= 0.6 is 0 Å². The lowest BCUT2D eigenvalue weighted by atomic mass is 10.1. The van der Waals surface area contributed by atoms with E-state index >= 15 is 0 Å². The van der Waals surface area contributed by atoms with E-state index in [1.165, 1.54) is 7.11 Å². The zero-order chi connectivity index (χ0) is 20.0. The SMILES string of the molecule is COc1ccccc1NC(=O)COC(=O)CCCN1C(=O)NC(C)(C)C1=O. The minimum atomic E-state index is -0.936. The number of benzene rings is 1. The minimum Gasteiger partial charge on any atom is -0.495 e. The third-order valence-corrected chi connectivity index (χ3v) is 3.95. The van der Waals surface area contributed by atoms with Crippen LogP contribution in [-0.2, 0) is 19.1 Å². The molecular formula is C18H23N3O6. The molecule has 146 valence electrons. The van der Waals surface area contributed by atoms with Gasteiger partial charge in [-0.2, -0.15) is 0 Å². The number of urea groups is 1. The number of amides is 4. The standard InChI is InChI=1S/C18H23N3O6/c1-18(2)16(24)21(17(25)20-18)10-6-9-15(23)27-11-14(22)19-12-7-4-5-8-13(12)26-3/h4-5,7-8H,6,9-11H2,1-3H3,(H,19,22)(H,20,25). The van der Waals surface area contributed by atoms with E-state index in [0.717, 1.165) is 4.90 Å². The van der Waals surface area contributed by atoms with Gasteiger partial charge >= 0.3 is 12.0 Å². The Kier molecular flexibility index (Phi) is 6.38. The first-order valence-corrected chi connectivity index (χ1v) is 8.47. The topological polar surface area (TPSA) is 114 Å². The van der Waals surface area contributed by atoms with Crippen molar-refractivity contribution < 1.29 is 28.7 Å². The first kappa shape index (κ1) is 20.2. The van der Waals surface area contributed by atoms with Crippen molar-refractivity contribution in [3.63, 3.8) is 0 Å². The van der Waals surface area contributed by atoms with Crippen LogP contribution in [0.25, 0.3) is 0 Å². The van der Waals surface area contributed by atoms with Crippen molar-refractivity contribution in [1.82, 2.24) is 10.2 Å². The Hall–Kier alpha value is -3.10. The molecule has 9 heteroatoms. The number of para-hydroxylation sites is 2. The quantitative estimate of drug-likeness (QED) is 0.521. The summed E-state index contributed by atoms with van der Waals surface area (Å²) in [6, 6.07) is 6.38. The molecule has 4 amide bonds. The Morgan fingerprint density at radius 1 is 1.22 bits per heavy atom. The fourth-order valence-electron chi connectivity index (χ4n) is 2.55. The second-order valence-electron chi connectivity index (χ2n) is 6.52. The van der Waals surface area contributed by atoms with Crippen molar-refractivity contribution >= 4 is 29.5 Å². The molecule has 1 heterocycles. The molecule has 2 N–H and O–H groups in total. The van der Waals surface area contributed by atoms with Crippen molar-refractivity contribution in [2.75, 3.05) is 25.6 Å². The number of hydrogen-bond donors (Lipinski definition) is 2. The molecule has 9 nitrogen and oxygen atoms in total. The molecule has 1 aliphatic heterocycles. The number of nitrogens with one attached hydrogen (secondary N) is 2. The second-order valence-corrected chi connectivity index (χ2v) is 6.52. The van der Waals surface area contributed by atoms with E-state index < -0.39 is 30.1 Å². The van der Waals surface area contributed by atoms with Crippen molar-refractivity contribution in [3.05, 3.63) is 24.3 Å². The average molecular weight is 377 g/mol.